The number of hydrogen-bond donors (Lipinski definition) is 1. The molecule has 0 amide bonds. The number of alkyl halides is 3. The molecular formula is C18H18F3NO4S. The van der Waals surface area contributed by atoms with Gasteiger partial charge in [0.05, 0.1) is 17.1 Å². The predicted octanol–water partition coefficient (Wildman–Crippen LogP) is 3.60. The molecule has 0 aliphatic carbocycles. The fourth-order valence-electron chi connectivity index (χ4n) is 2.31. The predicted molar refractivity (Wildman–Crippen MR) is 92.3 cm³/mol. The van der Waals surface area contributed by atoms with Crippen LogP contribution in [-0.2, 0) is 25.7 Å². The topological polar surface area (TPSA) is 72.5 Å². The third kappa shape index (κ3) is 5.30. The first kappa shape index (κ1) is 20.9. The highest BCUT2D eigenvalue weighted by atomic mass is 32.2. The van der Waals surface area contributed by atoms with Crippen molar-refractivity contribution in [3.63, 3.8) is 0 Å². The van der Waals surface area contributed by atoms with E-state index >= 15 is 0 Å². The minimum atomic E-state index is -4.63. The number of nitrogens with one attached hydrogen (secondary N) is 1. The molecule has 2 aromatic carbocycles. The Labute approximate surface area is 155 Å². The summed E-state index contributed by atoms with van der Waals surface area (Å²) in [6, 6.07) is 8.09. The molecule has 0 spiro atoms. The fraction of sp³-hybridized carbons (Fsp3) is 0.278. The quantitative estimate of drug-likeness (QED) is 0.751. The van der Waals surface area contributed by atoms with Crippen LogP contribution in [0.5, 0.6) is 0 Å². The van der Waals surface area contributed by atoms with E-state index in [1.54, 1.807) is 19.1 Å². The van der Waals surface area contributed by atoms with Gasteiger partial charge >= 0.3 is 12.1 Å². The van der Waals surface area contributed by atoms with Crippen molar-refractivity contribution >= 4 is 16.0 Å². The molecule has 2 aromatic rings. The van der Waals surface area contributed by atoms with Gasteiger partial charge in [-0.2, -0.15) is 17.9 Å². The standard InChI is InChI=1S/C18H18F3NO4S/c1-3-26-17(23)16(13-5-4-6-14(11-13)18(19,20)21)22-27(24,25)15-9-7-12(2)8-10-15/h4-11,16,22H,3H2,1-2H3/t16-/m0/s1. The zero-order valence-corrected chi connectivity index (χ0v) is 15.4. The van der Waals surface area contributed by atoms with Crippen molar-refractivity contribution in [2.24, 2.45) is 0 Å². The first-order valence-corrected chi connectivity index (χ1v) is 9.45. The number of aryl methyl sites for hydroxylation is 1. The molecule has 0 aliphatic rings. The van der Waals surface area contributed by atoms with E-state index in [9.17, 15) is 26.4 Å². The molecule has 0 unspecified atom stereocenters. The lowest BCUT2D eigenvalue weighted by Gasteiger charge is -2.19. The van der Waals surface area contributed by atoms with E-state index in [1.165, 1.54) is 25.1 Å². The molecule has 0 radical (unpaired) electrons. The van der Waals surface area contributed by atoms with Crippen LogP contribution in [0, 0.1) is 6.92 Å². The summed E-state index contributed by atoms with van der Waals surface area (Å²) in [6.45, 7) is 3.23. The lowest BCUT2D eigenvalue weighted by Crippen LogP contribution is -2.35. The molecule has 27 heavy (non-hydrogen) atoms. The number of ether oxygens (including phenoxy) is 1. The summed E-state index contributed by atoms with van der Waals surface area (Å²) in [5.74, 6) is -0.993. The van der Waals surface area contributed by atoms with Gasteiger partial charge in [-0.25, -0.2) is 13.2 Å². The Kier molecular flexibility index (Phi) is 6.27. The highest BCUT2D eigenvalue weighted by Crippen LogP contribution is 2.31. The van der Waals surface area contributed by atoms with Crippen molar-refractivity contribution in [2.45, 2.75) is 31.0 Å². The molecule has 0 aliphatic heterocycles. The van der Waals surface area contributed by atoms with Gasteiger partial charge in [0.25, 0.3) is 0 Å². The van der Waals surface area contributed by atoms with Gasteiger partial charge in [0.15, 0.2) is 0 Å². The second-order valence-corrected chi connectivity index (χ2v) is 7.46. The van der Waals surface area contributed by atoms with E-state index in [2.05, 4.69) is 4.72 Å². The van der Waals surface area contributed by atoms with Gasteiger partial charge in [0, 0.05) is 0 Å². The molecule has 0 bridgehead atoms. The molecule has 146 valence electrons. The Bertz CT molecular complexity index is 909. The Morgan fingerprint density at radius 2 is 1.78 bits per heavy atom. The van der Waals surface area contributed by atoms with Crippen LogP contribution < -0.4 is 4.72 Å². The lowest BCUT2D eigenvalue weighted by molar-refractivity contribution is -0.145. The monoisotopic (exact) mass is 401 g/mol. The molecule has 0 saturated heterocycles. The van der Waals surface area contributed by atoms with Crippen LogP contribution in [0.2, 0.25) is 0 Å². The molecule has 1 N–H and O–H groups in total. The average molecular weight is 401 g/mol. The van der Waals surface area contributed by atoms with Crippen LogP contribution >= 0.6 is 0 Å². The van der Waals surface area contributed by atoms with Crippen LogP contribution in [0.1, 0.15) is 29.7 Å². The Morgan fingerprint density at radius 3 is 2.33 bits per heavy atom. The summed E-state index contributed by atoms with van der Waals surface area (Å²) in [7, 11) is -4.17. The van der Waals surface area contributed by atoms with Crippen molar-refractivity contribution in [3.8, 4) is 0 Å². The van der Waals surface area contributed by atoms with Crippen LogP contribution in [0.25, 0.3) is 0 Å². The summed E-state index contributed by atoms with van der Waals surface area (Å²) in [4.78, 5) is 12.1. The van der Waals surface area contributed by atoms with Gasteiger partial charge in [-0.15, -0.1) is 0 Å². The molecule has 5 nitrogen and oxygen atoms in total. The number of carbonyl (C=O) groups is 1. The number of carbonyl (C=O) groups excluding carboxylic acids is 1. The van der Waals surface area contributed by atoms with Gasteiger partial charge < -0.3 is 4.74 Å². The molecule has 0 saturated carbocycles. The first-order chi connectivity index (χ1) is 12.5. The van der Waals surface area contributed by atoms with E-state index in [-0.39, 0.29) is 17.1 Å². The minimum Gasteiger partial charge on any atom is -0.465 e. The Morgan fingerprint density at radius 1 is 1.15 bits per heavy atom. The highest BCUT2D eigenvalue weighted by molar-refractivity contribution is 7.89. The number of rotatable bonds is 6. The first-order valence-electron chi connectivity index (χ1n) is 7.97. The number of esters is 1. The zero-order valence-electron chi connectivity index (χ0n) is 14.6. The Balaban J connectivity index is 2.44. The molecule has 0 heterocycles. The van der Waals surface area contributed by atoms with Crippen LogP contribution in [-0.4, -0.2) is 21.0 Å². The summed E-state index contributed by atoms with van der Waals surface area (Å²) < 4.78 is 71.0. The van der Waals surface area contributed by atoms with Crippen molar-refractivity contribution in [1.29, 1.82) is 0 Å². The number of hydrogen-bond acceptors (Lipinski definition) is 4. The third-order valence-electron chi connectivity index (χ3n) is 3.67. The molecular weight excluding hydrogens is 383 g/mol. The van der Waals surface area contributed by atoms with E-state index in [0.29, 0.717) is 0 Å². The van der Waals surface area contributed by atoms with E-state index in [0.717, 1.165) is 23.8 Å². The smallest absolute Gasteiger partial charge is 0.416 e. The normalized spacial score (nSPS) is 13.2. The highest BCUT2D eigenvalue weighted by Gasteiger charge is 2.33. The van der Waals surface area contributed by atoms with Gasteiger partial charge in [-0.3, -0.25) is 0 Å². The summed E-state index contributed by atoms with van der Waals surface area (Å²) in [5, 5.41) is 0. The molecule has 2 rings (SSSR count). The fourth-order valence-corrected chi connectivity index (χ4v) is 3.49. The van der Waals surface area contributed by atoms with Crippen LogP contribution in [0.4, 0.5) is 13.2 Å². The second-order valence-electron chi connectivity index (χ2n) is 5.74. The van der Waals surface area contributed by atoms with Gasteiger partial charge in [-0.05, 0) is 43.7 Å². The van der Waals surface area contributed by atoms with Crippen LogP contribution in [0.3, 0.4) is 0 Å². The van der Waals surface area contributed by atoms with Crippen molar-refractivity contribution < 1.29 is 31.1 Å². The second kappa shape index (κ2) is 8.10. The van der Waals surface area contributed by atoms with Crippen molar-refractivity contribution in [2.75, 3.05) is 6.61 Å². The van der Waals surface area contributed by atoms with E-state index in [1.807, 2.05) is 0 Å². The number of halogens is 3. The SMILES string of the molecule is CCOC(=O)[C@@H](NS(=O)(=O)c1ccc(C)cc1)c1cccc(C(F)(F)F)c1. The van der Waals surface area contributed by atoms with Gasteiger partial charge in [-0.1, -0.05) is 29.8 Å². The molecule has 9 heteroatoms. The van der Waals surface area contributed by atoms with E-state index in [4.69, 9.17) is 4.74 Å². The maximum Gasteiger partial charge on any atom is 0.416 e. The van der Waals surface area contributed by atoms with Crippen molar-refractivity contribution in [3.05, 3.63) is 65.2 Å². The maximum absolute atomic E-state index is 13.0. The largest absolute Gasteiger partial charge is 0.465 e. The van der Waals surface area contributed by atoms with Gasteiger partial charge in [0.2, 0.25) is 10.0 Å². The molecule has 0 fully saturated rings. The third-order valence-corrected chi connectivity index (χ3v) is 5.11. The van der Waals surface area contributed by atoms with Crippen LogP contribution in [0.15, 0.2) is 53.4 Å². The summed E-state index contributed by atoms with van der Waals surface area (Å²) in [6.07, 6.45) is -4.63. The lowest BCUT2D eigenvalue weighted by atomic mass is 10.0. The maximum atomic E-state index is 13.0. The average Bonchev–Trinajstić information content (AvgIpc) is 2.59. The number of benzene rings is 2. The van der Waals surface area contributed by atoms with E-state index < -0.39 is 33.8 Å². The summed E-state index contributed by atoms with van der Waals surface area (Å²) >= 11 is 0. The Hall–Kier alpha value is -2.39. The van der Waals surface area contributed by atoms with Crippen molar-refractivity contribution in [1.82, 2.24) is 4.72 Å². The van der Waals surface area contributed by atoms with Gasteiger partial charge in [0.1, 0.15) is 6.04 Å². The minimum absolute atomic E-state index is 0.0550. The molecule has 0 aromatic heterocycles. The number of sulfonamides is 1. The zero-order chi connectivity index (χ0) is 20.2. The summed E-state index contributed by atoms with van der Waals surface area (Å²) in [5.41, 5.74) is -0.337. The molecule has 1 atom stereocenters.